The SMILES string of the molecule is CCOC(=O)C(Cl)C(F)Cl. The summed E-state index contributed by atoms with van der Waals surface area (Å²) in [5.74, 6) is -0.827. The van der Waals surface area contributed by atoms with Crippen LogP contribution in [0.25, 0.3) is 0 Å². The fourth-order valence-electron chi connectivity index (χ4n) is 0.325. The molecule has 0 saturated carbocycles. The monoisotopic (exact) mass is 188 g/mol. The second-order valence-electron chi connectivity index (χ2n) is 1.49. The van der Waals surface area contributed by atoms with Crippen LogP contribution in [0.1, 0.15) is 6.92 Å². The quantitative estimate of drug-likeness (QED) is 0.498. The summed E-state index contributed by atoms with van der Waals surface area (Å²) in [6, 6.07) is 0. The minimum Gasteiger partial charge on any atom is -0.465 e. The average Bonchev–Trinajstić information content (AvgIpc) is 1.87. The first-order chi connectivity index (χ1) is 4.59. The van der Waals surface area contributed by atoms with Crippen LogP contribution in [-0.2, 0) is 9.53 Å². The van der Waals surface area contributed by atoms with Gasteiger partial charge >= 0.3 is 5.97 Å². The van der Waals surface area contributed by atoms with E-state index < -0.39 is 17.0 Å². The van der Waals surface area contributed by atoms with Crippen LogP contribution >= 0.6 is 23.2 Å². The third kappa shape index (κ3) is 3.22. The molecule has 0 fully saturated rings. The Morgan fingerprint density at radius 3 is 2.50 bits per heavy atom. The second kappa shape index (κ2) is 4.74. The van der Waals surface area contributed by atoms with Gasteiger partial charge in [0, 0.05) is 0 Å². The van der Waals surface area contributed by atoms with Gasteiger partial charge in [-0.05, 0) is 6.92 Å². The number of carbonyl (C=O) groups excluding carboxylic acids is 1. The van der Waals surface area contributed by atoms with Crippen LogP contribution in [0.5, 0.6) is 0 Å². The molecule has 0 aliphatic heterocycles. The van der Waals surface area contributed by atoms with Gasteiger partial charge in [0.25, 0.3) is 0 Å². The Morgan fingerprint density at radius 2 is 2.20 bits per heavy atom. The molecule has 2 nitrogen and oxygen atoms in total. The molecule has 5 heteroatoms. The van der Waals surface area contributed by atoms with E-state index in [1.54, 1.807) is 6.92 Å². The molecular formula is C5H7Cl2FO2. The Labute approximate surface area is 68.2 Å². The molecule has 0 spiro atoms. The lowest BCUT2D eigenvalue weighted by Gasteiger charge is -2.06. The number of hydrogen-bond donors (Lipinski definition) is 0. The highest BCUT2D eigenvalue weighted by Crippen LogP contribution is 2.12. The van der Waals surface area contributed by atoms with E-state index in [1.807, 2.05) is 0 Å². The van der Waals surface area contributed by atoms with Crippen molar-refractivity contribution in [2.45, 2.75) is 17.9 Å². The van der Waals surface area contributed by atoms with Gasteiger partial charge in [-0.2, -0.15) is 0 Å². The lowest BCUT2D eigenvalue weighted by atomic mass is 10.5. The summed E-state index contributed by atoms with van der Waals surface area (Å²) >= 11 is 10.0. The predicted molar refractivity (Wildman–Crippen MR) is 37.0 cm³/mol. The highest BCUT2D eigenvalue weighted by Gasteiger charge is 2.24. The Bertz CT molecular complexity index is 118. The molecule has 0 amide bonds. The summed E-state index contributed by atoms with van der Waals surface area (Å²) in [6.07, 6.45) is 0. The Balaban J connectivity index is 3.71. The van der Waals surface area contributed by atoms with Crippen molar-refractivity contribution in [1.29, 1.82) is 0 Å². The van der Waals surface area contributed by atoms with Crippen LogP contribution < -0.4 is 0 Å². The fraction of sp³-hybridized carbons (Fsp3) is 0.800. The van der Waals surface area contributed by atoms with Gasteiger partial charge < -0.3 is 4.74 Å². The van der Waals surface area contributed by atoms with E-state index in [9.17, 15) is 9.18 Å². The lowest BCUT2D eigenvalue weighted by Crippen LogP contribution is -2.24. The summed E-state index contributed by atoms with van der Waals surface area (Å²) in [6.45, 7) is 1.77. The van der Waals surface area contributed by atoms with Crippen molar-refractivity contribution in [1.82, 2.24) is 0 Å². The molecule has 0 aliphatic rings. The van der Waals surface area contributed by atoms with Gasteiger partial charge in [0.1, 0.15) is 0 Å². The molecule has 0 N–H and O–H groups in total. The third-order valence-electron chi connectivity index (χ3n) is 0.733. The number of ether oxygens (including phenoxy) is 1. The van der Waals surface area contributed by atoms with Crippen molar-refractivity contribution in [2.75, 3.05) is 6.61 Å². The van der Waals surface area contributed by atoms with Gasteiger partial charge in [0.15, 0.2) is 11.0 Å². The first kappa shape index (κ1) is 9.98. The minimum atomic E-state index is -1.89. The van der Waals surface area contributed by atoms with Gasteiger partial charge in [0.05, 0.1) is 6.61 Å². The molecule has 0 heterocycles. The van der Waals surface area contributed by atoms with Gasteiger partial charge in [0.2, 0.25) is 0 Å². The van der Waals surface area contributed by atoms with Crippen molar-refractivity contribution in [3.63, 3.8) is 0 Å². The Hall–Kier alpha value is -0.0200. The van der Waals surface area contributed by atoms with E-state index in [1.165, 1.54) is 0 Å². The van der Waals surface area contributed by atoms with Crippen molar-refractivity contribution in [3.8, 4) is 0 Å². The van der Waals surface area contributed by atoms with Crippen molar-refractivity contribution in [3.05, 3.63) is 0 Å². The first-order valence-corrected chi connectivity index (χ1v) is 3.55. The maximum absolute atomic E-state index is 12.0. The van der Waals surface area contributed by atoms with Crippen LogP contribution in [0, 0.1) is 0 Å². The van der Waals surface area contributed by atoms with E-state index in [2.05, 4.69) is 4.74 Å². The zero-order valence-electron chi connectivity index (χ0n) is 5.31. The fourth-order valence-corrected chi connectivity index (χ4v) is 0.491. The average molecular weight is 189 g/mol. The van der Waals surface area contributed by atoms with Crippen LogP contribution in [0.3, 0.4) is 0 Å². The predicted octanol–water partition coefficient (Wildman–Crippen LogP) is 1.69. The summed E-state index contributed by atoms with van der Waals surface area (Å²) in [7, 11) is 0. The number of halogens is 3. The molecule has 0 aromatic rings. The van der Waals surface area contributed by atoms with E-state index in [4.69, 9.17) is 23.2 Å². The molecule has 2 unspecified atom stereocenters. The number of alkyl halides is 3. The topological polar surface area (TPSA) is 26.3 Å². The zero-order valence-corrected chi connectivity index (χ0v) is 6.82. The van der Waals surface area contributed by atoms with E-state index in [-0.39, 0.29) is 6.61 Å². The number of rotatable bonds is 3. The van der Waals surface area contributed by atoms with Gasteiger partial charge in [-0.1, -0.05) is 11.6 Å². The van der Waals surface area contributed by atoms with E-state index >= 15 is 0 Å². The van der Waals surface area contributed by atoms with Gasteiger partial charge in [-0.25, -0.2) is 4.39 Å². The van der Waals surface area contributed by atoms with Crippen molar-refractivity contribution in [2.24, 2.45) is 0 Å². The second-order valence-corrected chi connectivity index (χ2v) is 2.38. The summed E-state index contributed by atoms with van der Waals surface area (Å²) in [5.41, 5.74) is -1.89. The third-order valence-corrected chi connectivity index (χ3v) is 1.51. The molecule has 0 aliphatic carbocycles. The highest BCUT2D eigenvalue weighted by molar-refractivity contribution is 6.36. The number of esters is 1. The number of hydrogen-bond acceptors (Lipinski definition) is 2. The lowest BCUT2D eigenvalue weighted by molar-refractivity contribution is -0.143. The van der Waals surface area contributed by atoms with Gasteiger partial charge in [-0.3, -0.25) is 4.79 Å². The van der Waals surface area contributed by atoms with E-state index in [0.29, 0.717) is 0 Å². The molecule has 0 rings (SSSR count). The maximum Gasteiger partial charge on any atom is 0.328 e. The van der Waals surface area contributed by atoms with Gasteiger partial charge in [-0.15, -0.1) is 11.6 Å². The first-order valence-electron chi connectivity index (χ1n) is 2.68. The molecule has 0 radical (unpaired) electrons. The molecule has 0 saturated heterocycles. The molecule has 60 valence electrons. The largest absolute Gasteiger partial charge is 0.465 e. The van der Waals surface area contributed by atoms with Crippen LogP contribution in [0.2, 0.25) is 0 Å². The Kier molecular flexibility index (Phi) is 4.73. The highest BCUT2D eigenvalue weighted by atomic mass is 35.5. The number of carbonyl (C=O) groups is 1. The maximum atomic E-state index is 12.0. The van der Waals surface area contributed by atoms with E-state index in [0.717, 1.165) is 0 Å². The molecule has 0 bridgehead atoms. The summed E-state index contributed by atoms with van der Waals surface area (Å²) < 4.78 is 16.4. The van der Waals surface area contributed by atoms with Crippen molar-refractivity contribution >= 4 is 29.2 Å². The van der Waals surface area contributed by atoms with Crippen LogP contribution in [0.4, 0.5) is 4.39 Å². The molecular weight excluding hydrogens is 182 g/mol. The van der Waals surface area contributed by atoms with Crippen LogP contribution in [0.15, 0.2) is 0 Å². The normalized spacial score (nSPS) is 16.0. The summed E-state index contributed by atoms with van der Waals surface area (Å²) in [5, 5.41) is -1.40. The standard InChI is InChI=1S/C5H7Cl2FO2/c1-2-10-5(9)3(6)4(7)8/h3-4H,2H2,1H3. The summed E-state index contributed by atoms with van der Waals surface area (Å²) in [4.78, 5) is 10.5. The molecule has 0 aromatic carbocycles. The van der Waals surface area contributed by atoms with Crippen molar-refractivity contribution < 1.29 is 13.9 Å². The smallest absolute Gasteiger partial charge is 0.328 e. The van der Waals surface area contributed by atoms with Crippen LogP contribution in [-0.4, -0.2) is 23.6 Å². The molecule has 2 atom stereocenters. The molecule has 0 aromatic heterocycles. The molecule has 10 heavy (non-hydrogen) atoms. The Morgan fingerprint density at radius 1 is 1.70 bits per heavy atom. The minimum absolute atomic E-state index is 0.172. The zero-order chi connectivity index (χ0) is 8.15.